The Labute approximate surface area is 108 Å². The fraction of sp³-hybridized carbons (Fsp3) is 0.692. The summed E-state index contributed by atoms with van der Waals surface area (Å²) in [5.74, 6) is 2.56. The molecule has 0 saturated heterocycles. The van der Waals surface area contributed by atoms with Crippen molar-refractivity contribution in [3.8, 4) is 0 Å². The summed E-state index contributed by atoms with van der Waals surface area (Å²) in [7, 11) is 0. The largest absolute Gasteiger partial charge is 0.369 e. The van der Waals surface area contributed by atoms with E-state index in [0.29, 0.717) is 5.15 Å². The molecule has 0 bridgehead atoms. The van der Waals surface area contributed by atoms with Gasteiger partial charge in [-0.15, -0.1) is 0 Å². The van der Waals surface area contributed by atoms with Crippen molar-refractivity contribution in [1.82, 2.24) is 9.97 Å². The monoisotopic (exact) mass is 253 g/mol. The minimum Gasteiger partial charge on any atom is -0.369 e. The molecular formula is C13H20ClN3. The Morgan fingerprint density at radius 2 is 2.00 bits per heavy atom. The Kier molecular flexibility index (Phi) is 4.21. The molecule has 1 aromatic heterocycles. The second kappa shape index (κ2) is 5.67. The molecule has 1 aliphatic rings. The average molecular weight is 254 g/mol. The lowest BCUT2D eigenvalue weighted by Crippen LogP contribution is -2.20. The predicted octanol–water partition coefficient (Wildman–Crippen LogP) is 3.68. The second-order valence-electron chi connectivity index (χ2n) is 5.14. The smallest absolute Gasteiger partial charge is 0.137 e. The van der Waals surface area contributed by atoms with Gasteiger partial charge in [0.25, 0.3) is 0 Å². The summed E-state index contributed by atoms with van der Waals surface area (Å²) >= 11 is 5.96. The minimum atomic E-state index is 0.541. The van der Waals surface area contributed by atoms with Crippen LogP contribution in [-0.4, -0.2) is 16.5 Å². The zero-order valence-electron chi connectivity index (χ0n) is 10.5. The molecule has 1 fully saturated rings. The first kappa shape index (κ1) is 12.6. The van der Waals surface area contributed by atoms with E-state index in [1.54, 1.807) is 0 Å². The summed E-state index contributed by atoms with van der Waals surface area (Å²) in [6, 6.07) is 0. The molecule has 1 N–H and O–H groups in total. The highest BCUT2D eigenvalue weighted by Gasteiger charge is 2.18. The fourth-order valence-electron chi connectivity index (χ4n) is 2.38. The summed E-state index contributed by atoms with van der Waals surface area (Å²) < 4.78 is 0. The van der Waals surface area contributed by atoms with E-state index in [0.717, 1.165) is 29.8 Å². The topological polar surface area (TPSA) is 37.8 Å². The number of nitrogens with zero attached hydrogens (tertiary/aromatic N) is 2. The highest BCUT2D eigenvalue weighted by Crippen LogP contribution is 2.28. The molecule has 17 heavy (non-hydrogen) atoms. The van der Waals surface area contributed by atoms with Gasteiger partial charge in [0.2, 0.25) is 0 Å². The van der Waals surface area contributed by atoms with Gasteiger partial charge in [0.1, 0.15) is 17.3 Å². The van der Waals surface area contributed by atoms with Crippen LogP contribution >= 0.6 is 11.6 Å². The third kappa shape index (κ3) is 3.32. The molecule has 2 rings (SSSR count). The average Bonchev–Trinajstić information content (AvgIpc) is 2.33. The number of hydrogen-bond acceptors (Lipinski definition) is 3. The van der Waals surface area contributed by atoms with Gasteiger partial charge >= 0.3 is 0 Å². The van der Waals surface area contributed by atoms with E-state index in [1.807, 2.05) is 6.92 Å². The zero-order chi connectivity index (χ0) is 12.3. The third-order valence-corrected chi connectivity index (χ3v) is 4.10. The van der Waals surface area contributed by atoms with E-state index >= 15 is 0 Å². The number of hydrogen-bond donors (Lipinski definition) is 1. The molecule has 0 unspecified atom stereocenters. The highest BCUT2D eigenvalue weighted by molar-refractivity contribution is 6.30. The Balaban J connectivity index is 1.87. The van der Waals surface area contributed by atoms with Crippen LogP contribution in [0.2, 0.25) is 5.15 Å². The number of rotatable bonds is 3. The lowest BCUT2D eigenvalue weighted by Gasteiger charge is -2.26. The van der Waals surface area contributed by atoms with E-state index in [9.17, 15) is 0 Å². The lowest BCUT2D eigenvalue weighted by atomic mass is 9.83. The zero-order valence-corrected chi connectivity index (χ0v) is 11.3. The molecule has 1 heterocycles. The molecule has 1 aliphatic carbocycles. The molecule has 0 aromatic carbocycles. The van der Waals surface area contributed by atoms with E-state index in [4.69, 9.17) is 11.6 Å². The maximum Gasteiger partial charge on any atom is 0.137 e. The van der Waals surface area contributed by atoms with Gasteiger partial charge in [0, 0.05) is 12.1 Å². The van der Waals surface area contributed by atoms with E-state index in [-0.39, 0.29) is 0 Å². The van der Waals surface area contributed by atoms with Crippen molar-refractivity contribution in [1.29, 1.82) is 0 Å². The molecule has 94 valence electrons. The summed E-state index contributed by atoms with van der Waals surface area (Å²) in [6.07, 6.45) is 6.88. The first-order chi connectivity index (χ1) is 8.16. The predicted molar refractivity (Wildman–Crippen MR) is 71.4 cm³/mol. The Morgan fingerprint density at radius 3 is 2.71 bits per heavy atom. The van der Waals surface area contributed by atoms with Crippen LogP contribution in [0.1, 0.15) is 38.2 Å². The Morgan fingerprint density at radius 1 is 1.29 bits per heavy atom. The highest BCUT2D eigenvalue weighted by atomic mass is 35.5. The van der Waals surface area contributed by atoms with Gasteiger partial charge in [-0.2, -0.15) is 0 Å². The van der Waals surface area contributed by atoms with Gasteiger partial charge in [-0.1, -0.05) is 31.4 Å². The Hall–Kier alpha value is -0.830. The lowest BCUT2D eigenvalue weighted by molar-refractivity contribution is 0.300. The van der Waals surface area contributed by atoms with Crippen molar-refractivity contribution in [3.05, 3.63) is 17.0 Å². The molecule has 0 atom stereocenters. The maximum atomic E-state index is 5.96. The summed E-state index contributed by atoms with van der Waals surface area (Å²) in [4.78, 5) is 8.19. The Bertz CT molecular complexity index is 373. The van der Waals surface area contributed by atoms with Gasteiger partial charge in [-0.3, -0.25) is 0 Å². The van der Waals surface area contributed by atoms with Crippen molar-refractivity contribution < 1.29 is 0 Å². The van der Waals surface area contributed by atoms with Crippen molar-refractivity contribution in [2.24, 2.45) is 11.8 Å². The van der Waals surface area contributed by atoms with Crippen LogP contribution in [0.15, 0.2) is 6.33 Å². The second-order valence-corrected chi connectivity index (χ2v) is 5.50. The van der Waals surface area contributed by atoms with E-state index < -0.39 is 0 Å². The summed E-state index contributed by atoms with van der Waals surface area (Å²) in [5, 5.41) is 3.94. The van der Waals surface area contributed by atoms with Crippen LogP contribution < -0.4 is 5.32 Å². The summed E-state index contributed by atoms with van der Waals surface area (Å²) in [6.45, 7) is 5.30. The number of anilines is 1. The molecule has 1 saturated carbocycles. The fourth-order valence-corrected chi connectivity index (χ4v) is 2.51. The molecule has 0 aliphatic heterocycles. The SMILES string of the molecule is Cc1c(Cl)ncnc1NCC1CCC(C)CC1. The van der Waals surface area contributed by atoms with Crippen LogP contribution in [0.4, 0.5) is 5.82 Å². The number of nitrogens with one attached hydrogen (secondary N) is 1. The molecular weight excluding hydrogens is 234 g/mol. The number of halogens is 1. The van der Waals surface area contributed by atoms with E-state index in [2.05, 4.69) is 22.2 Å². The molecule has 4 heteroatoms. The maximum absolute atomic E-state index is 5.96. The molecule has 0 spiro atoms. The van der Waals surface area contributed by atoms with Crippen LogP contribution in [0.3, 0.4) is 0 Å². The van der Waals surface area contributed by atoms with Gasteiger partial charge in [0.15, 0.2) is 0 Å². The quantitative estimate of drug-likeness (QED) is 0.835. The van der Waals surface area contributed by atoms with Crippen LogP contribution in [-0.2, 0) is 0 Å². The van der Waals surface area contributed by atoms with Crippen LogP contribution in [0, 0.1) is 18.8 Å². The molecule has 3 nitrogen and oxygen atoms in total. The van der Waals surface area contributed by atoms with Crippen LogP contribution in [0.5, 0.6) is 0 Å². The van der Waals surface area contributed by atoms with Gasteiger partial charge in [0.05, 0.1) is 0 Å². The standard InChI is InChI=1S/C13H20ClN3/c1-9-3-5-11(6-4-9)7-15-13-10(2)12(14)16-8-17-13/h8-9,11H,3-7H2,1-2H3,(H,15,16,17). The van der Waals surface area contributed by atoms with Crippen molar-refractivity contribution in [2.45, 2.75) is 39.5 Å². The van der Waals surface area contributed by atoms with Crippen molar-refractivity contribution in [2.75, 3.05) is 11.9 Å². The minimum absolute atomic E-state index is 0.541. The third-order valence-electron chi connectivity index (χ3n) is 3.72. The van der Waals surface area contributed by atoms with Crippen molar-refractivity contribution >= 4 is 17.4 Å². The van der Waals surface area contributed by atoms with E-state index in [1.165, 1.54) is 32.0 Å². The molecule has 1 aromatic rings. The first-order valence-corrected chi connectivity index (χ1v) is 6.75. The summed E-state index contributed by atoms with van der Waals surface area (Å²) in [5.41, 5.74) is 0.943. The van der Waals surface area contributed by atoms with Crippen LogP contribution in [0.25, 0.3) is 0 Å². The van der Waals surface area contributed by atoms with Gasteiger partial charge in [-0.25, -0.2) is 9.97 Å². The first-order valence-electron chi connectivity index (χ1n) is 6.37. The van der Waals surface area contributed by atoms with Gasteiger partial charge in [-0.05, 0) is 31.6 Å². The van der Waals surface area contributed by atoms with Crippen molar-refractivity contribution in [3.63, 3.8) is 0 Å². The van der Waals surface area contributed by atoms with Gasteiger partial charge < -0.3 is 5.32 Å². The normalized spacial score (nSPS) is 24.6. The number of aromatic nitrogens is 2. The molecule has 0 radical (unpaired) electrons. The molecule has 0 amide bonds.